The maximum atomic E-state index is 10.4. The van der Waals surface area contributed by atoms with Gasteiger partial charge in [0.2, 0.25) is 5.78 Å². The Kier molecular flexibility index (Phi) is 7.99. The third kappa shape index (κ3) is 6.52. The van der Waals surface area contributed by atoms with E-state index in [1.54, 1.807) is 13.8 Å². The number of hydrogen-bond donors (Lipinski definition) is 1. The van der Waals surface area contributed by atoms with Gasteiger partial charge >= 0.3 is 5.97 Å². The number of rotatable bonds is 3. The monoisotopic (exact) mass is 170 g/mol. The number of aliphatic carboxylic acids is 1. The molecule has 0 heterocycles. The van der Waals surface area contributed by atoms with Crippen LogP contribution in [-0.4, -0.2) is 54.6 Å². The molecule has 0 fully saturated rings. The zero-order valence-electron chi connectivity index (χ0n) is 6.26. The van der Waals surface area contributed by atoms with Gasteiger partial charge in [-0.25, -0.2) is 4.79 Å². The van der Waals surface area contributed by atoms with Gasteiger partial charge in [-0.1, -0.05) is 13.8 Å². The molecule has 0 aliphatic rings. The number of ketones is 1. The van der Waals surface area contributed by atoms with E-state index in [1.165, 1.54) is 0 Å². The summed E-state index contributed by atoms with van der Waals surface area (Å²) in [6.45, 7) is 3.61. The molecule has 3 nitrogen and oxygen atoms in total. The first-order valence-corrected chi connectivity index (χ1v) is 2.80. The average molecular weight is 170 g/mol. The minimum absolute atomic E-state index is 0. The van der Waals surface area contributed by atoms with Crippen molar-refractivity contribution in [3.05, 3.63) is 0 Å². The summed E-state index contributed by atoms with van der Waals surface area (Å²) in [5.74, 6) is -1.90. The van der Waals surface area contributed by atoms with Crippen molar-refractivity contribution in [1.82, 2.24) is 0 Å². The van der Waals surface area contributed by atoms with Crippen molar-refractivity contribution in [1.29, 1.82) is 0 Å². The van der Waals surface area contributed by atoms with E-state index in [1.807, 2.05) is 0 Å². The summed E-state index contributed by atoms with van der Waals surface area (Å²) >= 11 is 0. The molecular weight excluding hydrogens is 160 g/mol. The van der Waals surface area contributed by atoms with Crippen LogP contribution in [-0.2, 0) is 9.59 Å². The summed E-state index contributed by atoms with van der Waals surface area (Å²) in [6, 6.07) is 0. The van der Waals surface area contributed by atoms with Crippen LogP contribution in [0.15, 0.2) is 0 Å². The fourth-order valence-corrected chi connectivity index (χ4v) is 0.458. The number of hydrogen-bond acceptors (Lipinski definition) is 2. The molecule has 0 unspecified atom stereocenters. The minimum atomic E-state index is -1.33. The SMILES string of the molecule is CC(C)CC(=O)C(=O)O.[Ca]. The summed E-state index contributed by atoms with van der Waals surface area (Å²) in [6.07, 6.45) is 0.134. The number of Topliss-reactive ketones (excluding diaryl/α,β-unsaturated/α-hetero) is 1. The standard InChI is InChI=1S/C6H10O3.Ca/c1-4(2)3-5(7)6(8)9;/h4H,3H2,1-2H3,(H,8,9);. The molecule has 0 saturated heterocycles. The van der Waals surface area contributed by atoms with Crippen LogP contribution in [0.4, 0.5) is 0 Å². The van der Waals surface area contributed by atoms with Gasteiger partial charge in [0.05, 0.1) is 0 Å². The largest absolute Gasteiger partial charge is 0.476 e. The molecule has 1 N–H and O–H groups in total. The molecule has 0 rings (SSSR count). The first kappa shape index (κ1) is 13.0. The molecule has 0 amide bonds. The second-order valence-electron chi connectivity index (χ2n) is 2.33. The molecule has 4 heteroatoms. The molecule has 0 aliphatic heterocycles. The summed E-state index contributed by atoms with van der Waals surface area (Å²) in [4.78, 5) is 20.2. The molecule has 0 atom stereocenters. The van der Waals surface area contributed by atoms with Crippen LogP contribution in [0, 0.1) is 5.92 Å². The predicted molar refractivity (Wildman–Crippen MR) is 37.9 cm³/mol. The second kappa shape index (κ2) is 6.13. The summed E-state index contributed by atoms with van der Waals surface area (Å²) in [7, 11) is 0. The fourth-order valence-electron chi connectivity index (χ4n) is 0.458. The van der Waals surface area contributed by atoms with E-state index >= 15 is 0 Å². The van der Waals surface area contributed by atoms with Gasteiger partial charge in [0.15, 0.2) is 0 Å². The Morgan fingerprint density at radius 3 is 1.90 bits per heavy atom. The number of carbonyl (C=O) groups excluding carboxylic acids is 1. The fraction of sp³-hybridized carbons (Fsp3) is 0.667. The third-order valence-electron chi connectivity index (χ3n) is 0.832. The van der Waals surface area contributed by atoms with Crippen molar-refractivity contribution in [2.75, 3.05) is 0 Å². The smallest absolute Gasteiger partial charge is 0.372 e. The molecular formula is C6H10CaO3. The van der Waals surface area contributed by atoms with Crippen molar-refractivity contribution in [3.8, 4) is 0 Å². The summed E-state index contributed by atoms with van der Waals surface area (Å²) in [5, 5.41) is 8.08. The summed E-state index contributed by atoms with van der Waals surface area (Å²) < 4.78 is 0. The van der Waals surface area contributed by atoms with Crippen molar-refractivity contribution in [2.24, 2.45) is 5.92 Å². The van der Waals surface area contributed by atoms with E-state index in [-0.39, 0.29) is 50.1 Å². The Hall–Kier alpha value is 0.400. The van der Waals surface area contributed by atoms with Gasteiger partial charge in [-0.3, -0.25) is 4.79 Å². The van der Waals surface area contributed by atoms with Crippen LogP contribution in [0.5, 0.6) is 0 Å². The van der Waals surface area contributed by atoms with Crippen LogP contribution in [0.1, 0.15) is 20.3 Å². The molecule has 0 aromatic rings. The van der Waals surface area contributed by atoms with Crippen molar-refractivity contribution in [3.63, 3.8) is 0 Å². The van der Waals surface area contributed by atoms with Crippen molar-refractivity contribution < 1.29 is 14.7 Å². The predicted octanol–water partition coefficient (Wildman–Crippen LogP) is 0.305. The average Bonchev–Trinajstić information content (AvgIpc) is 1.63. The van der Waals surface area contributed by atoms with E-state index in [9.17, 15) is 9.59 Å². The minimum Gasteiger partial charge on any atom is -0.476 e. The molecule has 0 aromatic carbocycles. The van der Waals surface area contributed by atoms with Crippen molar-refractivity contribution in [2.45, 2.75) is 20.3 Å². The first-order valence-electron chi connectivity index (χ1n) is 2.80. The molecule has 0 saturated carbocycles. The van der Waals surface area contributed by atoms with E-state index in [0.29, 0.717) is 0 Å². The molecule has 54 valence electrons. The van der Waals surface area contributed by atoms with Gasteiger partial charge in [0, 0.05) is 44.2 Å². The molecule has 0 spiro atoms. The maximum Gasteiger partial charge on any atom is 0.372 e. The zero-order valence-corrected chi connectivity index (χ0v) is 8.46. The van der Waals surface area contributed by atoms with Crippen LogP contribution in [0.2, 0.25) is 0 Å². The maximum absolute atomic E-state index is 10.4. The van der Waals surface area contributed by atoms with Gasteiger partial charge in [-0.2, -0.15) is 0 Å². The molecule has 0 aromatic heterocycles. The van der Waals surface area contributed by atoms with E-state index in [0.717, 1.165) is 0 Å². The van der Waals surface area contributed by atoms with Crippen LogP contribution in [0.3, 0.4) is 0 Å². The molecule has 10 heavy (non-hydrogen) atoms. The van der Waals surface area contributed by atoms with E-state index < -0.39 is 11.8 Å². The Balaban J connectivity index is 0. The zero-order chi connectivity index (χ0) is 7.44. The van der Waals surface area contributed by atoms with Gasteiger partial charge in [-0.05, 0) is 5.92 Å². The Bertz CT molecular complexity index is 131. The first-order chi connectivity index (χ1) is 4.04. The van der Waals surface area contributed by atoms with E-state index in [2.05, 4.69) is 0 Å². The van der Waals surface area contributed by atoms with Crippen LogP contribution in [0.25, 0.3) is 0 Å². The van der Waals surface area contributed by atoms with Crippen LogP contribution >= 0.6 is 0 Å². The molecule has 2 radical (unpaired) electrons. The Morgan fingerprint density at radius 1 is 1.40 bits per heavy atom. The quantitative estimate of drug-likeness (QED) is 0.489. The Morgan fingerprint density at radius 2 is 1.80 bits per heavy atom. The van der Waals surface area contributed by atoms with Gasteiger partial charge in [0.25, 0.3) is 0 Å². The van der Waals surface area contributed by atoms with Crippen molar-refractivity contribution >= 4 is 49.5 Å². The van der Waals surface area contributed by atoms with Gasteiger partial charge in [0.1, 0.15) is 0 Å². The number of carboxylic acids is 1. The van der Waals surface area contributed by atoms with Crippen LogP contribution < -0.4 is 0 Å². The number of carbonyl (C=O) groups is 2. The molecule has 0 aliphatic carbocycles. The second-order valence-corrected chi connectivity index (χ2v) is 2.33. The van der Waals surface area contributed by atoms with Gasteiger partial charge in [-0.15, -0.1) is 0 Å². The third-order valence-corrected chi connectivity index (χ3v) is 0.832. The van der Waals surface area contributed by atoms with Gasteiger partial charge < -0.3 is 5.11 Å². The Labute approximate surface area is 89.8 Å². The van der Waals surface area contributed by atoms with E-state index in [4.69, 9.17) is 5.11 Å². The normalized spacial score (nSPS) is 8.70. The number of carboxylic acid groups (broad SMARTS) is 1. The topological polar surface area (TPSA) is 54.4 Å². The summed E-state index contributed by atoms with van der Waals surface area (Å²) in [5.41, 5.74) is 0. The molecule has 0 bridgehead atoms.